The van der Waals surface area contributed by atoms with E-state index in [4.69, 9.17) is 4.74 Å². The molecular formula is C26H35NO4. The van der Waals surface area contributed by atoms with Gasteiger partial charge < -0.3 is 15.2 Å². The van der Waals surface area contributed by atoms with E-state index in [0.29, 0.717) is 12.3 Å². The van der Waals surface area contributed by atoms with Gasteiger partial charge in [0.05, 0.1) is 17.7 Å². The maximum atomic E-state index is 12.4. The highest BCUT2D eigenvalue weighted by molar-refractivity contribution is 6.10. The lowest BCUT2D eigenvalue weighted by Gasteiger charge is -2.10. The molecule has 0 unspecified atom stereocenters. The smallest absolute Gasteiger partial charge is 0.336 e. The Morgan fingerprint density at radius 2 is 1.32 bits per heavy atom. The van der Waals surface area contributed by atoms with Crippen LogP contribution in [-0.4, -0.2) is 23.6 Å². The van der Waals surface area contributed by atoms with Gasteiger partial charge >= 0.3 is 5.97 Å². The summed E-state index contributed by atoms with van der Waals surface area (Å²) in [6.45, 7) is 2.94. The van der Waals surface area contributed by atoms with E-state index in [2.05, 4.69) is 12.2 Å². The third kappa shape index (κ3) is 9.24. The molecular weight excluding hydrogens is 390 g/mol. The second kappa shape index (κ2) is 14.2. The standard InChI is InChI=1S/C26H35NO4/c1-2-3-4-5-6-7-8-9-10-13-20-31-22-18-16-21(17-19-22)27-25(28)23-14-11-12-15-24(23)26(29)30/h11-12,14-19H,2-10,13,20H2,1H3,(H,27,28)(H,29,30). The van der Waals surface area contributed by atoms with Crippen molar-refractivity contribution >= 4 is 17.6 Å². The number of hydrogen-bond acceptors (Lipinski definition) is 3. The van der Waals surface area contributed by atoms with E-state index < -0.39 is 11.9 Å². The highest BCUT2D eigenvalue weighted by Crippen LogP contribution is 2.18. The molecule has 168 valence electrons. The summed E-state index contributed by atoms with van der Waals surface area (Å²) < 4.78 is 5.78. The number of anilines is 1. The molecule has 5 heteroatoms. The molecule has 0 fully saturated rings. The predicted octanol–water partition coefficient (Wildman–Crippen LogP) is 6.94. The number of carboxylic acid groups (broad SMARTS) is 1. The van der Waals surface area contributed by atoms with Gasteiger partial charge in [-0.2, -0.15) is 0 Å². The zero-order valence-electron chi connectivity index (χ0n) is 18.6. The summed E-state index contributed by atoms with van der Waals surface area (Å²) in [5, 5.41) is 12.0. The normalized spacial score (nSPS) is 10.6. The van der Waals surface area contributed by atoms with Crippen LogP contribution >= 0.6 is 0 Å². The van der Waals surface area contributed by atoms with E-state index in [1.54, 1.807) is 24.3 Å². The Kier molecular flexibility index (Phi) is 11.2. The van der Waals surface area contributed by atoms with Crippen LogP contribution in [0.15, 0.2) is 48.5 Å². The molecule has 31 heavy (non-hydrogen) atoms. The van der Waals surface area contributed by atoms with Crippen molar-refractivity contribution in [2.45, 2.75) is 71.1 Å². The van der Waals surface area contributed by atoms with E-state index in [-0.39, 0.29) is 11.1 Å². The second-order valence-electron chi connectivity index (χ2n) is 7.86. The van der Waals surface area contributed by atoms with Crippen LogP contribution < -0.4 is 10.1 Å². The number of aromatic carboxylic acids is 1. The predicted molar refractivity (Wildman–Crippen MR) is 125 cm³/mol. The van der Waals surface area contributed by atoms with Crippen molar-refractivity contribution in [3.63, 3.8) is 0 Å². The minimum absolute atomic E-state index is 0.0172. The highest BCUT2D eigenvalue weighted by atomic mass is 16.5. The fourth-order valence-corrected chi connectivity index (χ4v) is 3.48. The quantitative estimate of drug-likeness (QED) is 0.303. The Labute approximate surface area is 185 Å². The topological polar surface area (TPSA) is 75.6 Å². The van der Waals surface area contributed by atoms with Crippen molar-refractivity contribution in [3.8, 4) is 5.75 Å². The molecule has 0 aliphatic rings. The van der Waals surface area contributed by atoms with Crippen LogP contribution in [0.2, 0.25) is 0 Å². The summed E-state index contributed by atoms with van der Waals surface area (Å²) >= 11 is 0. The molecule has 0 bridgehead atoms. The van der Waals surface area contributed by atoms with E-state index in [9.17, 15) is 14.7 Å². The fraction of sp³-hybridized carbons (Fsp3) is 0.462. The van der Waals surface area contributed by atoms with Gasteiger partial charge in [0.2, 0.25) is 0 Å². The van der Waals surface area contributed by atoms with Gasteiger partial charge in [0.1, 0.15) is 5.75 Å². The number of carbonyl (C=O) groups is 2. The molecule has 0 aromatic heterocycles. The van der Waals surface area contributed by atoms with E-state index >= 15 is 0 Å². The lowest BCUT2D eigenvalue weighted by atomic mass is 10.1. The number of carbonyl (C=O) groups excluding carboxylic acids is 1. The summed E-state index contributed by atoms with van der Waals surface area (Å²) in [5.74, 6) is -0.807. The Hall–Kier alpha value is -2.82. The molecule has 2 rings (SSSR count). The van der Waals surface area contributed by atoms with E-state index in [1.165, 1.54) is 69.9 Å². The molecule has 2 aromatic carbocycles. The average molecular weight is 426 g/mol. The third-order valence-corrected chi connectivity index (χ3v) is 5.28. The van der Waals surface area contributed by atoms with Crippen molar-refractivity contribution in [2.24, 2.45) is 0 Å². The monoisotopic (exact) mass is 425 g/mol. The number of hydrogen-bond donors (Lipinski definition) is 2. The zero-order chi connectivity index (χ0) is 22.3. The summed E-state index contributed by atoms with van der Waals surface area (Å²) in [6, 6.07) is 13.3. The van der Waals surface area contributed by atoms with Crippen LogP contribution in [0, 0.1) is 0 Å². The Bertz CT molecular complexity index is 801. The molecule has 1 amide bonds. The number of rotatable bonds is 15. The van der Waals surface area contributed by atoms with E-state index in [1.807, 2.05) is 12.1 Å². The first kappa shape index (κ1) is 24.4. The maximum Gasteiger partial charge on any atom is 0.336 e. The summed E-state index contributed by atoms with van der Waals surface area (Å²) in [4.78, 5) is 23.7. The molecule has 2 aromatic rings. The fourth-order valence-electron chi connectivity index (χ4n) is 3.48. The van der Waals surface area contributed by atoms with Gasteiger partial charge in [-0.3, -0.25) is 4.79 Å². The largest absolute Gasteiger partial charge is 0.494 e. The van der Waals surface area contributed by atoms with Gasteiger partial charge in [-0.25, -0.2) is 4.79 Å². The molecule has 0 saturated heterocycles. The van der Waals surface area contributed by atoms with Crippen LogP contribution in [0.1, 0.15) is 91.8 Å². The molecule has 2 N–H and O–H groups in total. The van der Waals surface area contributed by atoms with Gasteiger partial charge in [0.25, 0.3) is 5.91 Å². The Morgan fingerprint density at radius 1 is 0.774 bits per heavy atom. The van der Waals surface area contributed by atoms with Crippen molar-refractivity contribution in [2.75, 3.05) is 11.9 Å². The van der Waals surface area contributed by atoms with Gasteiger partial charge in [-0.15, -0.1) is 0 Å². The van der Waals surface area contributed by atoms with Crippen LogP contribution in [0.5, 0.6) is 5.75 Å². The van der Waals surface area contributed by atoms with Gasteiger partial charge in [-0.05, 0) is 42.8 Å². The first-order valence-corrected chi connectivity index (χ1v) is 11.5. The van der Waals surface area contributed by atoms with Gasteiger partial charge in [0.15, 0.2) is 0 Å². The Balaban J connectivity index is 1.64. The summed E-state index contributed by atoms with van der Waals surface area (Å²) in [5.41, 5.74) is 0.712. The molecule has 0 saturated carbocycles. The lowest BCUT2D eigenvalue weighted by Crippen LogP contribution is -2.16. The zero-order valence-corrected chi connectivity index (χ0v) is 18.6. The van der Waals surface area contributed by atoms with Crippen molar-refractivity contribution < 1.29 is 19.4 Å². The maximum absolute atomic E-state index is 12.4. The second-order valence-corrected chi connectivity index (χ2v) is 7.86. The number of nitrogens with one attached hydrogen (secondary N) is 1. The van der Waals surface area contributed by atoms with Crippen LogP contribution in [-0.2, 0) is 0 Å². The third-order valence-electron chi connectivity index (χ3n) is 5.28. The SMILES string of the molecule is CCCCCCCCCCCCOc1ccc(NC(=O)c2ccccc2C(=O)O)cc1. The number of ether oxygens (including phenoxy) is 1. The highest BCUT2D eigenvalue weighted by Gasteiger charge is 2.15. The molecule has 5 nitrogen and oxygen atoms in total. The van der Waals surface area contributed by atoms with E-state index in [0.717, 1.165) is 12.2 Å². The summed E-state index contributed by atoms with van der Waals surface area (Å²) in [7, 11) is 0. The average Bonchev–Trinajstić information content (AvgIpc) is 2.78. The minimum Gasteiger partial charge on any atom is -0.494 e. The lowest BCUT2D eigenvalue weighted by molar-refractivity contribution is 0.0692. The molecule has 0 heterocycles. The number of benzene rings is 2. The number of amides is 1. The first-order chi connectivity index (χ1) is 15.1. The van der Waals surface area contributed by atoms with Crippen molar-refractivity contribution in [1.82, 2.24) is 0 Å². The first-order valence-electron chi connectivity index (χ1n) is 11.5. The van der Waals surface area contributed by atoms with Crippen LogP contribution in [0.25, 0.3) is 0 Å². The van der Waals surface area contributed by atoms with Gasteiger partial charge in [0, 0.05) is 5.69 Å². The molecule has 0 aliphatic carbocycles. The molecule has 0 aliphatic heterocycles. The molecule has 0 atom stereocenters. The minimum atomic E-state index is -1.12. The number of unbranched alkanes of at least 4 members (excludes halogenated alkanes) is 9. The van der Waals surface area contributed by atoms with Crippen molar-refractivity contribution in [3.05, 3.63) is 59.7 Å². The number of carboxylic acids is 1. The molecule has 0 spiro atoms. The summed E-state index contributed by atoms with van der Waals surface area (Å²) in [6.07, 6.45) is 12.9. The van der Waals surface area contributed by atoms with Crippen LogP contribution in [0.3, 0.4) is 0 Å². The Morgan fingerprint density at radius 3 is 1.90 bits per heavy atom. The molecule has 0 radical (unpaired) electrons. The van der Waals surface area contributed by atoms with Crippen molar-refractivity contribution in [1.29, 1.82) is 0 Å². The van der Waals surface area contributed by atoms with Gasteiger partial charge in [-0.1, -0.05) is 76.8 Å². The van der Waals surface area contributed by atoms with Crippen LogP contribution in [0.4, 0.5) is 5.69 Å².